The van der Waals surface area contributed by atoms with Crippen LogP contribution in [0.3, 0.4) is 0 Å². The summed E-state index contributed by atoms with van der Waals surface area (Å²) in [5.41, 5.74) is 0.386. The molecule has 2 rings (SSSR count). The fourth-order valence-electron chi connectivity index (χ4n) is 1.40. The number of halogens is 1. The summed E-state index contributed by atoms with van der Waals surface area (Å²) >= 11 is 5.52. The second-order valence-corrected chi connectivity index (χ2v) is 4.63. The number of ketones is 3. The maximum absolute atomic E-state index is 11.5. The van der Waals surface area contributed by atoms with E-state index in [1.54, 1.807) is 12.1 Å². The van der Waals surface area contributed by atoms with E-state index in [9.17, 15) is 14.4 Å². The summed E-state index contributed by atoms with van der Waals surface area (Å²) in [5, 5.41) is -1.35. The molecule has 0 amide bonds. The first-order chi connectivity index (χ1) is 8.63. The quantitative estimate of drug-likeness (QED) is 0.156. The van der Waals surface area contributed by atoms with E-state index in [2.05, 4.69) is 0 Å². The molecule has 1 aromatic carbocycles. The SMILES string of the molecule is O=C1C(=O)C(Cl)C(=O)c2ccccc21.O=S(=O)([O-])[O-].[Cu+2]. The van der Waals surface area contributed by atoms with Crippen LogP contribution in [0.2, 0.25) is 0 Å². The molecule has 0 heterocycles. The number of alkyl halides is 1. The van der Waals surface area contributed by atoms with Gasteiger partial charge in [-0.1, -0.05) is 24.3 Å². The number of hydrogen-bond acceptors (Lipinski definition) is 7. The summed E-state index contributed by atoms with van der Waals surface area (Å²) in [6.07, 6.45) is 0. The van der Waals surface area contributed by atoms with Crippen LogP contribution in [0.25, 0.3) is 0 Å². The summed E-state index contributed by atoms with van der Waals surface area (Å²) in [6.45, 7) is 0. The van der Waals surface area contributed by atoms with Crippen LogP contribution in [0.4, 0.5) is 0 Å². The van der Waals surface area contributed by atoms with Gasteiger partial charge in [0.05, 0.1) is 0 Å². The minimum absolute atomic E-state index is 0. The Labute approximate surface area is 129 Å². The molecule has 0 N–H and O–H groups in total. The Balaban J connectivity index is 0.000000526. The molecule has 1 atom stereocenters. The predicted octanol–water partition coefficient (Wildman–Crippen LogP) is -0.0984. The molecule has 0 saturated carbocycles. The molecule has 0 aliphatic heterocycles. The third-order valence-corrected chi connectivity index (χ3v) is 2.52. The van der Waals surface area contributed by atoms with Crippen molar-refractivity contribution >= 4 is 39.3 Å². The van der Waals surface area contributed by atoms with E-state index in [0.29, 0.717) is 0 Å². The number of carbonyl (C=O) groups is 3. The molecule has 20 heavy (non-hydrogen) atoms. The number of carbonyl (C=O) groups excluding carboxylic acids is 3. The number of hydrogen-bond donors (Lipinski definition) is 0. The van der Waals surface area contributed by atoms with E-state index in [1.165, 1.54) is 12.1 Å². The molecule has 10 heteroatoms. The van der Waals surface area contributed by atoms with Gasteiger partial charge in [-0.15, -0.1) is 11.6 Å². The normalized spacial score (nSPS) is 17.6. The maximum atomic E-state index is 11.5. The van der Waals surface area contributed by atoms with Crippen LogP contribution < -0.4 is 0 Å². The first-order valence-electron chi connectivity index (χ1n) is 4.65. The largest absolute Gasteiger partial charge is 2.00 e. The minimum atomic E-state index is -5.17. The summed E-state index contributed by atoms with van der Waals surface area (Å²) in [6, 6.07) is 6.18. The molecule has 1 aliphatic carbocycles. The van der Waals surface area contributed by atoms with Gasteiger partial charge in [0.2, 0.25) is 11.6 Å². The van der Waals surface area contributed by atoms with Crippen molar-refractivity contribution in [2.75, 3.05) is 0 Å². The molecule has 1 aliphatic rings. The summed E-state index contributed by atoms with van der Waals surface area (Å²) in [7, 11) is -5.17. The Hall–Kier alpha value is -1.09. The number of benzene rings is 1. The van der Waals surface area contributed by atoms with E-state index in [0.717, 1.165) is 0 Å². The molecule has 0 aromatic heterocycles. The Morgan fingerprint density at radius 2 is 1.35 bits per heavy atom. The van der Waals surface area contributed by atoms with Crippen LogP contribution in [0, 0.1) is 0 Å². The van der Waals surface area contributed by atoms with Gasteiger partial charge in [0, 0.05) is 21.5 Å². The van der Waals surface area contributed by atoms with Crippen molar-refractivity contribution in [1.82, 2.24) is 0 Å². The molecule has 1 radical (unpaired) electrons. The molecule has 7 nitrogen and oxygen atoms in total. The monoisotopic (exact) mass is 367 g/mol. The standard InChI is InChI=1S/C10H5ClO3.Cu.H2O4S/c11-7-8(12)5-3-1-2-4-6(5)9(13)10(7)14;;1-5(2,3)4/h1-4,7H;;(H2,1,2,3,4)/q;+2;/p-2. The molecule has 0 bridgehead atoms. The first kappa shape index (κ1) is 18.9. The van der Waals surface area contributed by atoms with Crippen LogP contribution >= 0.6 is 11.6 Å². The van der Waals surface area contributed by atoms with Gasteiger partial charge in [-0.3, -0.25) is 22.8 Å². The van der Waals surface area contributed by atoms with Gasteiger partial charge in [-0.05, 0) is 0 Å². The average Bonchev–Trinajstić information content (AvgIpc) is 2.32. The maximum Gasteiger partial charge on any atom is 2.00 e. The van der Waals surface area contributed by atoms with Crippen LogP contribution in [-0.2, 0) is 32.3 Å². The second-order valence-electron chi connectivity index (χ2n) is 3.37. The smallest absolute Gasteiger partial charge is 0.759 e. The van der Waals surface area contributed by atoms with E-state index in [1.807, 2.05) is 0 Å². The molecule has 111 valence electrons. The van der Waals surface area contributed by atoms with Crippen molar-refractivity contribution in [2.45, 2.75) is 5.38 Å². The average molecular weight is 368 g/mol. The number of fused-ring (bicyclic) bond motifs is 1. The zero-order valence-electron chi connectivity index (χ0n) is 9.33. The topological polar surface area (TPSA) is 131 Å². The number of Topliss-reactive ketones (excluding diaryl/α,β-unsaturated/α-hetero) is 3. The third kappa shape index (κ3) is 4.78. The Morgan fingerprint density at radius 1 is 0.950 bits per heavy atom. The summed E-state index contributed by atoms with van der Waals surface area (Å²) in [5.74, 6) is -2.01. The molecular weight excluding hydrogens is 363 g/mol. The first-order valence-corrected chi connectivity index (χ1v) is 6.42. The fraction of sp³-hybridized carbons (Fsp3) is 0.100. The zero-order valence-corrected chi connectivity index (χ0v) is 11.8. The fourth-order valence-corrected chi connectivity index (χ4v) is 1.62. The Bertz CT molecular complexity index is 647. The van der Waals surface area contributed by atoms with Crippen molar-refractivity contribution in [3.05, 3.63) is 35.4 Å². The van der Waals surface area contributed by atoms with Gasteiger partial charge in [-0.25, -0.2) is 0 Å². The molecular formula is C10H5ClCuO7S. The van der Waals surface area contributed by atoms with Gasteiger partial charge in [0.15, 0.2) is 11.2 Å². The van der Waals surface area contributed by atoms with E-state index >= 15 is 0 Å². The van der Waals surface area contributed by atoms with E-state index < -0.39 is 33.1 Å². The van der Waals surface area contributed by atoms with Gasteiger partial charge >= 0.3 is 17.1 Å². The van der Waals surface area contributed by atoms with Crippen molar-refractivity contribution in [1.29, 1.82) is 0 Å². The molecule has 0 spiro atoms. The van der Waals surface area contributed by atoms with E-state index in [-0.39, 0.29) is 28.2 Å². The summed E-state index contributed by atoms with van der Waals surface area (Å²) in [4.78, 5) is 34.0. The molecule has 1 unspecified atom stereocenters. The van der Waals surface area contributed by atoms with Crippen molar-refractivity contribution < 1.29 is 49.0 Å². The molecule has 1 aromatic rings. The van der Waals surface area contributed by atoms with Crippen LogP contribution in [0.15, 0.2) is 24.3 Å². The van der Waals surface area contributed by atoms with Crippen LogP contribution in [0.1, 0.15) is 20.7 Å². The second kappa shape index (κ2) is 7.07. The van der Waals surface area contributed by atoms with Crippen molar-refractivity contribution in [2.24, 2.45) is 0 Å². The van der Waals surface area contributed by atoms with Gasteiger partial charge < -0.3 is 9.11 Å². The van der Waals surface area contributed by atoms with Gasteiger partial charge in [0.1, 0.15) is 0 Å². The third-order valence-electron chi connectivity index (χ3n) is 2.12. The van der Waals surface area contributed by atoms with Crippen LogP contribution in [0.5, 0.6) is 0 Å². The van der Waals surface area contributed by atoms with Crippen molar-refractivity contribution in [3.8, 4) is 0 Å². The van der Waals surface area contributed by atoms with Crippen molar-refractivity contribution in [3.63, 3.8) is 0 Å². The van der Waals surface area contributed by atoms with Gasteiger partial charge in [-0.2, -0.15) is 0 Å². The summed E-state index contributed by atoms with van der Waals surface area (Å²) < 4.78 is 34.1. The molecule has 0 fully saturated rings. The van der Waals surface area contributed by atoms with Gasteiger partial charge in [0.25, 0.3) is 0 Å². The Morgan fingerprint density at radius 3 is 1.80 bits per heavy atom. The van der Waals surface area contributed by atoms with E-state index in [4.69, 9.17) is 29.1 Å². The number of rotatable bonds is 0. The Kier molecular flexibility index (Phi) is 6.69. The molecule has 0 saturated heterocycles. The van der Waals surface area contributed by atoms with Crippen LogP contribution in [-0.4, -0.2) is 40.3 Å². The minimum Gasteiger partial charge on any atom is -0.759 e. The predicted molar refractivity (Wildman–Crippen MR) is 60.2 cm³/mol. The zero-order chi connectivity index (χ0) is 14.8.